The molecule has 15 heavy (non-hydrogen) atoms. The van der Waals surface area contributed by atoms with E-state index < -0.39 is 0 Å². The maximum absolute atomic E-state index is 3.46. The molecule has 1 fully saturated rings. The highest BCUT2D eigenvalue weighted by molar-refractivity contribution is 9.10. The maximum Gasteiger partial charge on any atom is 0.0233 e. The highest BCUT2D eigenvalue weighted by Gasteiger charge is 2.25. The Labute approximate surface area is 101 Å². The lowest BCUT2D eigenvalue weighted by molar-refractivity contribution is 0.316. The molecule has 2 atom stereocenters. The first-order chi connectivity index (χ1) is 7.15. The van der Waals surface area contributed by atoms with Crippen molar-refractivity contribution >= 4 is 15.9 Å². The lowest BCUT2D eigenvalue weighted by Gasteiger charge is -2.15. The Hall–Kier alpha value is -0.340. The maximum atomic E-state index is 3.46. The zero-order valence-electron chi connectivity index (χ0n) is 9.41. The highest BCUT2D eigenvalue weighted by Crippen LogP contribution is 2.23. The quantitative estimate of drug-likeness (QED) is 0.793. The number of rotatable bonds is 2. The van der Waals surface area contributed by atoms with Crippen LogP contribution in [0.5, 0.6) is 0 Å². The van der Waals surface area contributed by atoms with Gasteiger partial charge in [-0.2, -0.15) is 0 Å². The molecule has 0 spiro atoms. The van der Waals surface area contributed by atoms with Crippen molar-refractivity contribution in [3.8, 4) is 0 Å². The highest BCUT2D eigenvalue weighted by atomic mass is 79.9. The van der Waals surface area contributed by atoms with Crippen molar-refractivity contribution in [1.82, 2.24) is 4.90 Å². The molecule has 1 heterocycles. The molecule has 0 saturated carbocycles. The molecule has 0 aromatic heterocycles. The second-order valence-corrected chi connectivity index (χ2v) is 5.69. The van der Waals surface area contributed by atoms with Crippen LogP contribution in [0, 0.1) is 11.8 Å². The van der Waals surface area contributed by atoms with Crippen molar-refractivity contribution in [1.29, 1.82) is 0 Å². The van der Waals surface area contributed by atoms with Crippen LogP contribution in [-0.2, 0) is 6.54 Å². The molecule has 82 valence electrons. The van der Waals surface area contributed by atoms with Crippen LogP contribution in [0.25, 0.3) is 0 Å². The molecular formula is C13H18BrN. The van der Waals surface area contributed by atoms with Crippen LogP contribution in [0.2, 0.25) is 0 Å². The summed E-state index contributed by atoms with van der Waals surface area (Å²) < 4.78 is 1.16. The standard InChI is InChI=1S/C13H18BrN/c1-10-7-15(8-11(10)2)9-12-3-5-13(14)6-4-12/h3-6,10-11H,7-9H2,1-2H3. The van der Waals surface area contributed by atoms with Gasteiger partial charge >= 0.3 is 0 Å². The molecule has 2 unspecified atom stereocenters. The van der Waals surface area contributed by atoms with E-state index in [1.165, 1.54) is 18.7 Å². The largest absolute Gasteiger partial charge is 0.299 e. The van der Waals surface area contributed by atoms with Crippen LogP contribution in [-0.4, -0.2) is 18.0 Å². The van der Waals surface area contributed by atoms with E-state index in [0.717, 1.165) is 22.9 Å². The topological polar surface area (TPSA) is 3.24 Å². The van der Waals surface area contributed by atoms with E-state index in [1.54, 1.807) is 0 Å². The smallest absolute Gasteiger partial charge is 0.0233 e. The number of hydrogen-bond donors (Lipinski definition) is 0. The molecule has 0 N–H and O–H groups in total. The van der Waals surface area contributed by atoms with Gasteiger partial charge in [-0.05, 0) is 29.5 Å². The Kier molecular flexibility index (Phi) is 3.47. The number of halogens is 1. The van der Waals surface area contributed by atoms with E-state index in [2.05, 4.69) is 58.9 Å². The van der Waals surface area contributed by atoms with Crippen molar-refractivity contribution < 1.29 is 0 Å². The number of likely N-dealkylation sites (tertiary alicyclic amines) is 1. The van der Waals surface area contributed by atoms with Gasteiger partial charge in [0.15, 0.2) is 0 Å². The first-order valence-corrected chi connectivity index (χ1v) is 6.41. The fourth-order valence-electron chi connectivity index (χ4n) is 2.23. The van der Waals surface area contributed by atoms with Crippen LogP contribution in [0.15, 0.2) is 28.7 Å². The van der Waals surface area contributed by atoms with Gasteiger partial charge in [-0.1, -0.05) is 41.9 Å². The lowest BCUT2D eigenvalue weighted by atomic mass is 10.0. The Bertz CT molecular complexity index is 310. The fourth-order valence-corrected chi connectivity index (χ4v) is 2.49. The second-order valence-electron chi connectivity index (χ2n) is 4.78. The lowest BCUT2D eigenvalue weighted by Crippen LogP contribution is -2.19. The van der Waals surface area contributed by atoms with Crippen LogP contribution >= 0.6 is 15.9 Å². The van der Waals surface area contributed by atoms with Crippen molar-refractivity contribution in [2.24, 2.45) is 11.8 Å². The predicted molar refractivity (Wildman–Crippen MR) is 67.7 cm³/mol. The molecule has 1 aliphatic rings. The minimum Gasteiger partial charge on any atom is -0.299 e. The zero-order valence-corrected chi connectivity index (χ0v) is 11.0. The molecule has 1 aromatic carbocycles. The van der Waals surface area contributed by atoms with Gasteiger partial charge in [-0.15, -0.1) is 0 Å². The van der Waals surface area contributed by atoms with Crippen molar-refractivity contribution in [3.63, 3.8) is 0 Å². The fraction of sp³-hybridized carbons (Fsp3) is 0.538. The summed E-state index contributed by atoms with van der Waals surface area (Å²) in [5, 5.41) is 0. The van der Waals surface area contributed by atoms with Crippen molar-refractivity contribution in [2.45, 2.75) is 20.4 Å². The van der Waals surface area contributed by atoms with E-state index in [1.807, 2.05) is 0 Å². The summed E-state index contributed by atoms with van der Waals surface area (Å²) in [6.07, 6.45) is 0. The molecule has 1 aromatic rings. The summed E-state index contributed by atoms with van der Waals surface area (Å²) in [5.41, 5.74) is 1.42. The Morgan fingerprint density at radius 1 is 1.13 bits per heavy atom. The number of nitrogens with zero attached hydrogens (tertiary/aromatic N) is 1. The molecule has 1 nitrogen and oxygen atoms in total. The van der Waals surface area contributed by atoms with Crippen LogP contribution in [0.4, 0.5) is 0 Å². The Morgan fingerprint density at radius 2 is 1.67 bits per heavy atom. The molecule has 0 radical (unpaired) electrons. The molecule has 0 amide bonds. The van der Waals surface area contributed by atoms with Gasteiger partial charge in [0.1, 0.15) is 0 Å². The SMILES string of the molecule is CC1CN(Cc2ccc(Br)cc2)CC1C. The van der Waals surface area contributed by atoms with Crippen molar-refractivity contribution in [3.05, 3.63) is 34.3 Å². The average molecular weight is 268 g/mol. The van der Waals surface area contributed by atoms with E-state index in [4.69, 9.17) is 0 Å². The Balaban J connectivity index is 1.95. The van der Waals surface area contributed by atoms with E-state index in [9.17, 15) is 0 Å². The summed E-state index contributed by atoms with van der Waals surface area (Å²) in [6, 6.07) is 8.66. The van der Waals surface area contributed by atoms with Crippen LogP contribution in [0.3, 0.4) is 0 Å². The number of benzene rings is 1. The molecule has 0 bridgehead atoms. The third-order valence-electron chi connectivity index (χ3n) is 3.38. The second kappa shape index (κ2) is 4.67. The molecule has 1 aliphatic heterocycles. The summed E-state index contributed by atoms with van der Waals surface area (Å²) in [6.45, 7) is 8.30. The zero-order chi connectivity index (χ0) is 10.8. The average Bonchev–Trinajstić information content (AvgIpc) is 2.50. The normalized spacial score (nSPS) is 27.1. The van der Waals surface area contributed by atoms with Gasteiger partial charge in [-0.25, -0.2) is 0 Å². The minimum atomic E-state index is 0.848. The summed E-state index contributed by atoms with van der Waals surface area (Å²) in [5.74, 6) is 1.70. The summed E-state index contributed by atoms with van der Waals surface area (Å²) >= 11 is 3.46. The van der Waals surface area contributed by atoms with Gasteiger partial charge in [0.2, 0.25) is 0 Å². The van der Waals surface area contributed by atoms with Crippen molar-refractivity contribution in [2.75, 3.05) is 13.1 Å². The monoisotopic (exact) mass is 267 g/mol. The van der Waals surface area contributed by atoms with Gasteiger partial charge in [0.25, 0.3) is 0 Å². The van der Waals surface area contributed by atoms with Crippen LogP contribution in [0.1, 0.15) is 19.4 Å². The van der Waals surface area contributed by atoms with Gasteiger partial charge in [0.05, 0.1) is 0 Å². The van der Waals surface area contributed by atoms with E-state index >= 15 is 0 Å². The van der Waals surface area contributed by atoms with Crippen LogP contribution < -0.4 is 0 Å². The van der Waals surface area contributed by atoms with E-state index in [-0.39, 0.29) is 0 Å². The molecule has 1 saturated heterocycles. The minimum absolute atomic E-state index is 0.848. The molecule has 2 heteroatoms. The molecule has 2 rings (SSSR count). The number of hydrogen-bond acceptors (Lipinski definition) is 1. The van der Waals surface area contributed by atoms with Gasteiger partial charge in [0, 0.05) is 24.1 Å². The van der Waals surface area contributed by atoms with Gasteiger partial charge < -0.3 is 0 Å². The van der Waals surface area contributed by atoms with Gasteiger partial charge in [-0.3, -0.25) is 4.90 Å². The first kappa shape index (κ1) is 11.2. The summed E-state index contributed by atoms with van der Waals surface area (Å²) in [4.78, 5) is 2.55. The summed E-state index contributed by atoms with van der Waals surface area (Å²) in [7, 11) is 0. The van der Waals surface area contributed by atoms with E-state index in [0.29, 0.717) is 0 Å². The first-order valence-electron chi connectivity index (χ1n) is 5.62. The third kappa shape index (κ3) is 2.82. The Morgan fingerprint density at radius 3 is 2.20 bits per heavy atom. The third-order valence-corrected chi connectivity index (χ3v) is 3.91. The predicted octanol–water partition coefficient (Wildman–Crippen LogP) is 3.54. The molecular weight excluding hydrogens is 250 g/mol. The molecule has 0 aliphatic carbocycles.